The second-order valence-corrected chi connectivity index (χ2v) is 5.83. The predicted molar refractivity (Wildman–Crippen MR) is 78.1 cm³/mol. The van der Waals surface area contributed by atoms with E-state index >= 15 is 0 Å². The maximum atomic E-state index is 12.2. The summed E-state index contributed by atoms with van der Waals surface area (Å²) in [7, 11) is 0. The van der Waals surface area contributed by atoms with Crippen molar-refractivity contribution in [2.45, 2.75) is 44.3 Å². The van der Waals surface area contributed by atoms with Gasteiger partial charge < -0.3 is 21.7 Å². The Labute approximate surface area is 118 Å². The summed E-state index contributed by atoms with van der Waals surface area (Å²) in [6, 6.07) is -0.824. The highest BCUT2D eigenvalue weighted by atomic mass is 32.2. The molecule has 0 aromatic carbocycles. The Kier molecular flexibility index (Phi) is 7.01. The monoisotopic (exact) mass is 288 g/mol. The van der Waals surface area contributed by atoms with Crippen LogP contribution >= 0.6 is 11.8 Å². The van der Waals surface area contributed by atoms with E-state index in [2.05, 4.69) is 22.9 Å². The molecule has 110 valence electrons. The molecule has 0 bridgehead atoms. The van der Waals surface area contributed by atoms with Crippen LogP contribution in [0, 0.1) is 0 Å². The van der Waals surface area contributed by atoms with Gasteiger partial charge in [0.1, 0.15) is 6.04 Å². The van der Waals surface area contributed by atoms with Gasteiger partial charge in [0.15, 0.2) is 0 Å². The Morgan fingerprint density at radius 3 is 2.84 bits per heavy atom. The van der Waals surface area contributed by atoms with Gasteiger partial charge >= 0.3 is 6.03 Å². The normalized spacial score (nSPS) is 24.5. The Morgan fingerprint density at radius 2 is 2.26 bits per heavy atom. The Hall–Kier alpha value is -0.950. The number of hydrogen-bond donors (Lipinski definition) is 4. The molecule has 3 amide bonds. The van der Waals surface area contributed by atoms with E-state index in [9.17, 15) is 9.59 Å². The van der Waals surface area contributed by atoms with E-state index in [1.807, 2.05) is 6.26 Å². The first-order valence-electron chi connectivity index (χ1n) is 6.63. The van der Waals surface area contributed by atoms with Gasteiger partial charge in [-0.1, -0.05) is 0 Å². The summed E-state index contributed by atoms with van der Waals surface area (Å²) in [4.78, 5) is 23.1. The number of rotatable bonds is 6. The molecule has 0 spiro atoms. The minimum Gasteiger partial charge on any atom is -0.352 e. The van der Waals surface area contributed by atoms with Crippen LogP contribution in [0.4, 0.5) is 4.79 Å². The highest BCUT2D eigenvalue weighted by Crippen LogP contribution is 2.09. The molecule has 1 rings (SSSR count). The van der Waals surface area contributed by atoms with E-state index in [1.54, 1.807) is 11.8 Å². The number of nitrogens with one attached hydrogen (secondary N) is 3. The lowest BCUT2D eigenvalue weighted by Crippen LogP contribution is -2.57. The first kappa shape index (κ1) is 16.1. The smallest absolute Gasteiger partial charge is 0.312 e. The molecular formula is C12H24N4O2S. The van der Waals surface area contributed by atoms with Crippen molar-refractivity contribution in [2.75, 3.05) is 18.6 Å². The SMILES string of the molecule is CSCCC(NC(N)=O)C(=O)NC1CCCNC1C. The minimum absolute atomic E-state index is 0.118. The average molecular weight is 288 g/mol. The van der Waals surface area contributed by atoms with E-state index in [0.29, 0.717) is 6.42 Å². The maximum absolute atomic E-state index is 12.2. The summed E-state index contributed by atoms with van der Waals surface area (Å²) in [5.41, 5.74) is 5.11. The van der Waals surface area contributed by atoms with E-state index in [1.165, 1.54) is 0 Å². The molecule has 1 saturated heterocycles. The average Bonchev–Trinajstić information content (AvgIpc) is 2.36. The predicted octanol–water partition coefficient (Wildman–Crippen LogP) is 0.0331. The van der Waals surface area contributed by atoms with Crippen LogP contribution in [-0.2, 0) is 4.79 Å². The highest BCUT2D eigenvalue weighted by molar-refractivity contribution is 7.98. The quantitative estimate of drug-likeness (QED) is 0.554. The van der Waals surface area contributed by atoms with Crippen molar-refractivity contribution in [1.29, 1.82) is 0 Å². The van der Waals surface area contributed by atoms with Crippen molar-refractivity contribution < 1.29 is 9.59 Å². The highest BCUT2D eigenvalue weighted by Gasteiger charge is 2.26. The molecule has 1 fully saturated rings. The van der Waals surface area contributed by atoms with Crippen LogP contribution in [0.5, 0.6) is 0 Å². The van der Waals surface area contributed by atoms with Gasteiger partial charge in [-0.15, -0.1) is 0 Å². The van der Waals surface area contributed by atoms with Gasteiger partial charge in [-0.25, -0.2) is 4.79 Å². The molecule has 3 unspecified atom stereocenters. The lowest BCUT2D eigenvalue weighted by atomic mass is 9.99. The van der Waals surface area contributed by atoms with Crippen LogP contribution in [0.3, 0.4) is 0 Å². The molecule has 0 aromatic heterocycles. The largest absolute Gasteiger partial charge is 0.352 e. The van der Waals surface area contributed by atoms with E-state index < -0.39 is 12.1 Å². The Balaban J connectivity index is 2.51. The van der Waals surface area contributed by atoms with Gasteiger partial charge in [-0.3, -0.25) is 4.79 Å². The fourth-order valence-corrected chi connectivity index (χ4v) is 2.67. The van der Waals surface area contributed by atoms with Crippen LogP contribution in [0.1, 0.15) is 26.2 Å². The second kappa shape index (κ2) is 8.27. The summed E-state index contributed by atoms with van der Waals surface area (Å²) in [5, 5.41) is 8.84. The van der Waals surface area contributed by atoms with Gasteiger partial charge in [0.2, 0.25) is 5.91 Å². The van der Waals surface area contributed by atoms with Gasteiger partial charge in [0.25, 0.3) is 0 Å². The van der Waals surface area contributed by atoms with Crippen molar-refractivity contribution in [2.24, 2.45) is 5.73 Å². The Morgan fingerprint density at radius 1 is 1.53 bits per heavy atom. The molecule has 1 aliphatic rings. The zero-order valence-electron chi connectivity index (χ0n) is 11.6. The number of hydrogen-bond acceptors (Lipinski definition) is 4. The standard InChI is InChI=1S/C12H24N4O2S/c1-8-9(4-3-6-14-8)15-11(17)10(5-7-19-2)16-12(13)18/h8-10,14H,3-7H2,1-2H3,(H,15,17)(H3,13,16,18). The molecule has 0 aromatic rings. The van der Waals surface area contributed by atoms with Crippen LogP contribution in [0.25, 0.3) is 0 Å². The molecule has 1 heterocycles. The summed E-state index contributed by atoms with van der Waals surface area (Å²) in [6.45, 7) is 3.05. The fourth-order valence-electron chi connectivity index (χ4n) is 2.20. The maximum Gasteiger partial charge on any atom is 0.312 e. The summed E-state index contributed by atoms with van der Waals surface area (Å²) >= 11 is 1.64. The lowest BCUT2D eigenvalue weighted by molar-refractivity contribution is -0.124. The molecule has 1 aliphatic heterocycles. The third kappa shape index (κ3) is 5.69. The molecule has 3 atom stereocenters. The Bertz CT molecular complexity index is 314. The topological polar surface area (TPSA) is 96.2 Å². The van der Waals surface area contributed by atoms with Crippen LogP contribution in [-0.4, -0.2) is 48.6 Å². The molecule has 7 heteroatoms. The van der Waals surface area contributed by atoms with Crippen LogP contribution in [0.15, 0.2) is 0 Å². The number of piperidine rings is 1. The molecule has 0 radical (unpaired) electrons. The van der Waals surface area contributed by atoms with Crippen molar-refractivity contribution in [3.8, 4) is 0 Å². The molecular weight excluding hydrogens is 264 g/mol. The van der Waals surface area contributed by atoms with E-state index in [0.717, 1.165) is 25.1 Å². The van der Waals surface area contributed by atoms with Gasteiger partial charge in [0.05, 0.1) is 0 Å². The number of carbonyl (C=O) groups is 2. The van der Waals surface area contributed by atoms with Gasteiger partial charge in [-0.2, -0.15) is 11.8 Å². The first-order chi connectivity index (χ1) is 9.04. The molecule has 6 nitrogen and oxygen atoms in total. The summed E-state index contributed by atoms with van der Waals surface area (Å²) in [6.07, 6.45) is 4.57. The van der Waals surface area contributed by atoms with Crippen molar-refractivity contribution in [3.63, 3.8) is 0 Å². The minimum atomic E-state index is -0.656. The second-order valence-electron chi connectivity index (χ2n) is 4.84. The number of thioether (sulfide) groups is 1. The zero-order chi connectivity index (χ0) is 14.3. The lowest BCUT2D eigenvalue weighted by Gasteiger charge is -2.32. The summed E-state index contributed by atoms with van der Waals surface area (Å²) in [5.74, 6) is 0.657. The molecule has 19 heavy (non-hydrogen) atoms. The van der Waals surface area contributed by atoms with Crippen molar-refractivity contribution >= 4 is 23.7 Å². The van der Waals surface area contributed by atoms with Crippen LogP contribution < -0.4 is 21.7 Å². The number of urea groups is 1. The molecule has 0 saturated carbocycles. The number of nitrogens with two attached hydrogens (primary N) is 1. The molecule has 5 N–H and O–H groups in total. The van der Waals surface area contributed by atoms with Crippen molar-refractivity contribution in [3.05, 3.63) is 0 Å². The zero-order valence-corrected chi connectivity index (χ0v) is 12.4. The van der Waals surface area contributed by atoms with Crippen LogP contribution in [0.2, 0.25) is 0 Å². The van der Waals surface area contributed by atoms with Gasteiger partial charge in [0, 0.05) is 12.1 Å². The van der Waals surface area contributed by atoms with E-state index in [-0.39, 0.29) is 18.0 Å². The van der Waals surface area contributed by atoms with E-state index in [4.69, 9.17) is 5.73 Å². The summed E-state index contributed by atoms with van der Waals surface area (Å²) < 4.78 is 0. The fraction of sp³-hybridized carbons (Fsp3) is 0.833. The third-order valence-electron chi connectivity index (χ3n) is 3.33. The van der Waals surface area contributed by atoms with Gasteiger partial charge in [-0.05, 0) is 44.7 Å². The molecule has 0 aliphatic carbocycles. The number of amides is 3. The first-order valence-corrected chi connectivity index (χ1v) is 8.02. The van der Waals surface area contributed by atoms with Crippen molar-refractivity contribution in [1.82, 2.24) is 16.0 Å². The number of carbonyl (C=O) groups excluding carboxylic acids is 2. The third-order valence-corrected chi connectivity index (χ3v) is 3.98. The number of primary amides is 1.